The molecule has 0 bridgehead atoms. The lowest BCUT2D eigenvalue weighted by Crippen LogP contribution is -2.37. The summed E-state index contributed by atoms with van der Waals surface area (Å²) in [6, 6.07) is 12.0. The fourth-order valence-corrected chi connectivity index (χ4v) is 2.23. The summed E-state index contributed by atoms with van der Waals surface area (Å²) in [7, 11) is 0. The molecular weight excluding hydrogens is 278 g/mol. The summed E-state index contributed by atoms with van der Waals surface area (Å²) in [5, 5.41) is 6.95. The Bertz CT molecular complexity index is 593. The Morgan fingerprint density at radius 1 is 1.32 bits per heavy atom. The smallest absolute Gasteiger partial charge is 0.224 e. The molecule has 1 amide bonds. The third kappa shape index (κ3) is 4.62. The summed E-state index contributed by atoms with van der Waals surface area (Å²) in [6.45, 7) is 7.09. The highest BCUT2D eigenvalue weighted by molar-refractivity contribution is 5.77. The van der Waals surface area contributed by atoms with E-state index in [1.807, 2.05) is 62.1 Å². The van der Waals surface area contributed by atoms with Crippen molar-refractivity contribution in [3.63, 3.8) is 0 Å². The third-order valence-electron chi connectivity index (χ3n) is 3.41. The first-order chi connectivity index (χ1) is 10.6. The highest BCUT2D eigenvalue weighted by atomic mass is 16.5. The first-order valence-electron chi connectivity index (χ1n) is 7.57. The number of nitrogens with one attached hydrogen (secondary N) is 1. The van der Waals surface area contributed by atoms with Crippen LogP contribution in [0.2, 0.25) is 0 Å². The van der Waals surface area contributed by atoms with Crippen LogP contribution >= 0.6 is 0 Å². The molecule has 0 saturated heterocycles. The second-order valence-electron chi connectivity index (χ2n) is 5.60. The molecule has 1 aromatic heterocycles. The quantitative estimate of drug-likeness (QED) is 0.853. The van der Waals surface area contributed by atoms with Gasteiger partial charge in [-0.1, -0.05) is 35.5 Å². The summed E-state index contributed by atoms with van der Waals surface area (Å²) in [5.41, 5.74) is 1.14. The van der Waals surface area contributed by atoms with Gasteiger partial charge in [-0.25, -0.2) is 0 Å². The van der Waals surface area contributed by atoms with Crippen molar-refractivity contribution < 1.29 is 9.32 Å². The van der Waals surface area contributed by atoms with Gasteiger partial charge >= 0.3 is 0 Å². The van der Waals surface area contributed by atoms with E-state index in [1.165, 1.54) is 0 Å². The van der Waals surface area contributed by atoms with Gasteiger partial charge in [-0.2, -0.15) is 0 Å². The number of benzene rings is 1. The average molecular weight is 301 g/mol. The van der Waals surface area contributed by atoms with Gasteiger partial charge in [-0.3, -0.25) is 4.79 Å². The minimum atomic E-state index is 0.131. The number of aromatic nitrogens is 1. The van der Waals surface area contributed by atoms with Crippen molar-refractivity contribution in [1.82, 2.24) is 10.1 Å². The van der Waals surface area contributed by atoms with Crippen molar-refractivity contribution in [1.29, 1.82) is 0 Å². The van der Waals surface area contributed by atoms with Crippen LogP contribution in [0.4, 0.5) is 5.82 Å². The number of carbonyl (C=O) groups is 1. The number of carbonyl (C=O) groups excluding carboxylic acids is 1. The van der Waals surface area contributed by atoms with Gasteiger partial charge in [0.05, 0.1) is 0 Å². The molecule has 118 valence electrons. The molecule has 0 aliphatic heterocycles. The van der Waals surface area contributed by atoms with E-state index < -0.39 is 0 Å². The van der Waals surface area contributed by atoms with E-state index in [0.29, 0.717) is 25.3 Å². The first kappa shape index (κ1) is 16.1. The van der Waals surface area contributed by atoms with Crippen LogP contribution in [0.5, 0.6) is 0 Å². The van der Waals surface area contributed by atoms with Crippen molar-refractivity contribution in [3.05, 3.63) is 47.7 Å². The Labute approximate surface area is 131 Å². The van der Waals surface area contributed by atoms with E-state index in [2.05, 4.69) is 10.5 Å². The summed E-state index contributed by atoms with van der Waals surface area (Å²) in [5.74, 6) is 1.55. The molecule has 5 nitrogen and oxygen atoms in total. The highest BCUT2D eigenvalue weighted by Crippen LogP contribution is 2.11. The van der Waals surface area contributed by atoms with Crippen LogP contribution in [-0.4, -0.2) is 28.6 Å². The molecule has 0 spiro atoms. The van der Waals surface area contributed by atoms with Crippen LogP contribution in [0.25, 0.3) is 0 Å². The molecular formula is C17H23N3O2. The lowest BCUT2D eigenvalue weighted by Gasteiger charge is -2.27. The van der Waals surface area contributed by atoms with E-state index in [9.17, 15) is 4.79 Å². The predicted octanol–water partition coefficient (Wildman–Crippen LogP) is 3.22. The molecule has 0 saturated carbocycles. The molecule has 0 aliphatic carbocycles. The SMILES string of the molecule is Cc1cc(NCCC(=O)N(Cc2ccccc2)C(C)C)no1. The minimum absolute atomic E-state index is 0.131. The zero-order valence-corrected chi connectivity index (χ0v) is 13.4. The van der Waals surface area contributed by atoms with Gasteiger partial charge < -0.3 is 14.7 Å². The van der Waals surface area contributed by atoms with Gasteiger partial charge in [0.25, 0.3) is 0 Å². The van der Waals surface area contributed by atoms with E-state index in [-0.39, 0.29) is 11.9 Å². The minimum Gasteiger partial charge on any atom is -0.367 e. The van der Waals surface area contributed by atoms with Crippen LogP contribution in [0.3, 0.4) is 0 Å². The van der Waals surface area contributed by atoms with E-state index in [4.69, 9.17) is 4.52 Å². The number of nitrogens with zero attached hydrogens (tertiary/aromatic N) is 2. The average Bonchev–Trinajstić information content (AvgIpc) is 2.91. The Morgan fingerprint density at radius 2 is 2.05 bits per heavy atom. The molecule has 5 heteroatoms. The van der Waals surface area contributed by atoms with Crippen molar-refractivity contribution in [3.8, 4) is 0 Å². The number of hydrogen-bond donors (Lipinski definition) is 1. The number of aryl methyl sites for hydroxylation is 1. The molecule has 1 aromatic carbocycles. The van der Waals surface area contributed by atoms with Crippen LogP contribution in [0.1, 0.15) is 31.6 Å². The fraction of sp³-hybridized carbons (Fsp3) is 0.412. The maximum Gasteiger partial charge on any atom is 0.224 e. The lowest BCUT2D eigenvalue weighted by molar-refractivity contribution is -0.133. The second kappa shape index (κ2) is 7.64. The number of anilines is 1. The largest absolute Gasteiger partial charge is 0.367 e. The normalized spacial score (nSPS) is 10.7. The van der Waals surface area contributed by atoms with Gasteiger partial charge in [0.15, 0.2) is 5.82 Å². The first-order valence-corrected chi connectivity index (χ1v) is 7.57. The fourth-order valence-electron chi connectivity index (χ4n) is 2.23. The zero-order valence-electron chi connectivity index (χ0n) is 13.4. The Balaban J connectivity index is 1.86. The van der Waals surface area contributed by atoms with E-state index >= 15 is 0 Å². The molecule has 2 aromatic rings. The Morgan fingerprint density at radius 3 is 2.64 bits per heavy atom. The molecule has 1 heterocycles. The summed E-state index contributed by atoms with van der Waals surface area (Å²) >= 11 is 0. The topological polar surface area (TPSA) is 58.4 Å². The predicted molar refractivity (Wildman–Crippen MR) is 86.5 cm³/mol. The van der Waals surface area contributed by atoms with Crippen LogP contribution in [0.15, 0.2) is 40.9 Å². The zero-order chi connectivity index (χ0) is 15.9. The summed E-state index contributed by atoms with van der Waals surface area (Å²) in [6.07, 6.45) is 0.428. The standard InChI is InChI=1S/C17H23N3O2/c1-13(2)20(12-15-7-5-4-6-8-15)17(21)9-10-18-16-11-14(3)22-19-16/h4-8,11,13H,9-10,12H2,1-3H3,(H,18,19). The molecule has 1 N–H and O–H groups in total. The Kier molecular flexibility index (Phi) is 5.58. The maximum absolute atomic E-state index is 12.4. The van der Waals surface area contributed by atoms with Crippen molar-refractivity contribution in [2.24, 2.45) is 0 Å². The molecule has 22 heavy (non-hydrogen) atoms. The van der Waals surface area contributed by atoms with Crippen LogP contribution in [0, 0.1) is 6.92 Å². The van der Waals surface area contributed by atoms with E-state index in [1.54, 1.807) is 0 Å². The van der Waals surface area contributed by atoms with Crippen LogP contribution < -0.4 is 5.32 Å². The van der Waals surface area contributed by atoms with Crippen molar-refractivity contribution >= 4 is 11.7 Å². The number of rotatable bonds is 7. The van der Waals surface area contributed by atoms with Crippen LogP contribution in [-0.2, 0) is 11.3 Å². The summed E-state index contributed by atoms with van der Waals surface area (Å²) in [4.78, 5) is 14.3. The molecule has 0 radical (unpaired) electrons. The number of amides is 1. The second-order valence-corrected chi connectivity index (χ2v) is 5.60. The van der Waals surface area contributed by atoms with E-state index in [0.717, 1.165) is 11.3 Å². The lowest BCUT2D eigenvalue weighted by atomic mass is 10.1. The van der Waals surface area contributed by atoms with Gasteiger partial charge in [0.2, 0.25) is 5.91 Å². The molecule has 0 aliphatic rings. The maximum atomic E-state index is 12.4. The van der Waals surface area contributed by atoms with Crippen molar-refractivity contribution in [2.75, 3.05) is 11.9 Å². The molecule has 0 atom stereocenters. The highest BCUT2D eigenvalue weighted by Gasteiger charge is 2.17. The number of hydrogen-bond acceptors (Lipinski definition) is 4. The van der Waals surface area contributed by atoms with Gasteiger partial charge in [-0.15, -0.1) is 0 Å². The molecule has 0 fully saturated rings. The third-order valence-corrected chi connectivity index (χ3v) is 3.41. The monoisotopic (exact) mass is 301 g/mol. The van der Waals surface area contributed by atoms with Gasteiger partial charge in [-0.05, 0) is 26.3 Å². The summed E-state index contributed by atoms with van der Waals surface area (Å²) < 4.78 is 4.98. The van der Waals surface area contributed by atoms with Gasteiger partial charge in [0, 0.05) is 31.6 Å². The van der Waals surface area contributed by atoms with Gasteiger partial charge in [0.1, 0.15) is 5.76 Å². The molecule has 0 unspecified atom stereocenters. The van der Waals surface area contributed by atoms with Crippen molar-refractivity contribution in [2.45, 2.75) is 39.8 Å². The molecule has 2 rings (SSSR count). The Hall–Kier alpha value is -2.30.